The number of ether oxygens (including phenoxy) is 1. The Bertz CT molecular complexity index is 1020. The van der Waals surface area contributed by atoms with E-state index < -0.39 is 52.3 Å². The van der Waals surface area contributed by atoms with Crippen molar-refractivity contribution >= 4 is 12.0 Å². The van der Waals surface area contributed by atoms with Crippen molar-refractivity contribution in [3.05, 3.63) is 70.3 Å². The van der Waals surface area contributed by atoms with Crippen LogP contribution in [0.25, 0.3) is 6.08 Å². The van der Waals surface area contributed by atoms with Crippen LogP contribution in [0.4, 0.5) is 30.7 Å². The fourth-order valence-corrected chi connectivity index (χ4v) is 4.33. The third-order valence-electron chi connectivity index (χ3n) is 5.99. The van der Waals surface area contributed by atoms with Gasteiger partial charge in [-0.3, -0.25) is 0 Å². The van der Waals surface area contributed by atoms with E-state index in [-0.39, 0.29) is 18.1 Å². The van der Waals surface area contributed by atoms with Crippen LogP contribution in [-0.2, 0) is 0 Å². The number of alkyl halides is 3. The summed E-state index contributed by atoms with van der Waals surface area (Å²) >= 11 is 0. The molecule has 0 atom stereocenters. The lowest BCUT2D eigenvalue weighted by Crippen LogP contribution is -2.17. The molecule has 184 valence electrons. The third kappa shape index (κ3) is 6.39. The van der Waals surface area contributed by atoms with Crippen molar-refractivity contribution in [2.24, 2.45) is 5.92 Å². The molecule has 3 rings (SSSR count). The Kier molecular flexibility index (Phi) is 8.05. The Labute approximate surface area is 192 Å². The maximum absolute atomic E-state index is 14.6. The molecule has 1 aliphatic carbocycles. The van der Waals surface area contributed by atoms with E-state index >= 15 is 0 Å². The average Bonchev–Trinajstić information content (AvgIpc) is 2.72. The van der Waals surface area contributed by atoms with E-state index in [0.29, 0.717) is 23.6 Å². The van der Waals surface area contributed by atoms with Gasteiger partial charge in [0.25, 0.3) is 0 Å². The summed E-state index contributed by atoms with van der Waals surface area (Å²) in [5.41, 5.74) is -1.60. The van der Waals surface area contributed by atoms with Crippen molar-refractivity contribution in [2.45, 2.75) is 57.5 Å². The minimum absolute atomic E-state index is 0.0392. The van der Waals surface area contributed by atoms with Gasteiger partial charge in [0.05, 0.1) is 0 Å². The highest BCUT2D eigenvalue weighted by Gasteiger charge is 2.27. The van der Waals surface area contributed by atoms with E-state index in [9.17, 15) is 35.5 Å². The van der Waals surface area contributed by atoms with Gasteiger partial charge in [-0.15, -0.1) is 0 Å². The number of benzene rings is 2. The molecule has 1 aliphatic rings. The highest BCUT2D eigenvalue weighted by Crippen LogP contribution is 2.38. The summed E-state index contributed by atoms with van der Waals surface area (Å²) in [5, 5.41) is 0. The summed E-state index contributed by atoms with van der Waals surface area (Å²) in [6.45, 7) is 2.11. The van der Waals surface area contributed by atoms with Gasteiger partial charge in [0.1, 0.15) is 34.6 Å². The van der Waals surface area contributed by atoms with Crippen LogP contribution in [0.3, 0.4) is 0 Å². The normalized spacial score (nSPS) is 18.9. The van der Waals surface area contributed by atoms with Crippen LogP contribution in [0.1, 0.15) is 72.9 Å². The number of carbonyl (C=O) groups is 1. The summed E-state index contributed by atoms with van der Waals surface area (Å²) in [6, 6.07) is 3.04. The van der Waals surface area contributed by atoms with Crippen LogP contribution in [-0.4, -0.2) is 12.1 Å². The van der Waals surface area contributed by atoms with Gasteiger partial charge in [-0.25, -0.2) is 22.4 Å². The number of allylic oxidation sites excluding steroid dienone is 1. The number of halogens is 7. The molecule has 0 heterocycles. The van der Waals surface area contributed by atoms with Crippen molar-refractivity contribution < 1.29 is 40.3 Å². The quantitative estimate of drug-likeness (QED) is 0.233. The smallest absolute Gasteiger partial charge is 0.409 e. The van der Waals surface area contributed by atoms with E-state index in [1.807, 2.05) is 0 Å². The first kappa shape index (κ1) is 25.8. The second-order valence-corrected chi connectivity index (χ2v) is 8.43. The molecule has 0 radical (unpaired) electrons. The van der Waals surface area contributed by atoms with Gasteiger partial charge in [-0.2, -0.15) is 13.2 Å². The Morgan fingerprint density at radius 1 is 0.941 bits per heavy atom. The number of hydrogen-bond acceptors (Lipinski definition) is 2. The first-order valence-electron chi connectivity index (χ1n) is 10.9. The van der Waals surface area contributed by atoms with Gasteiger partial charge >= 0.3 is 12.1 Å². The van der Waals surface area contributed by atoms with Crippen molar-refractivity contribution in [1.29, 1.82) is 0 Å². The monoisotopic (exact) mass is 488 g/mol. The summed E-state index contributed by atoms with van der Waals surface area (Å²) in [6.07, 6.45) is 0.694. The van der Waals surface area contributed by atoms with Gasteiger partial charge in [0.2, 0.25) is 0 Å². The summed E-state index contributed by atoms with van der Waals surface area (Å²) in [5.74, 6) is -6.94. The fourth-order valence-electron chi connectivity index (χ4n) is 4.33. The predicted octanol–water partition coefficient (Wildman–Crippen LogP) is 8.11. The van der Waals surface area contributed by atoms with Crippen LogP contribution in [0.2, 0.25) is 0 Å². The predicted molar refractivity (Wildman–Crippen MR) is 112 cm³/mol. The molecule has 1 fully saturated rings. The molecule has 2 aromatic rings. The Hall–Kier alpha value is -2.84. The molecule has 0 spiro atoms. The minimum Gasteiger partial charge on any atom is -0.423 e. The van der Waals surface area contributed by atoms with Gasteiger partial charge in [-0.1, -0.05) is 19.8 Å². The molecule has 0 aromatic heterocycles. The minimum atomic E-state index is -4.79. The number of carbonyl (C=O) groups excluding carboxylic acids is 1. The van der Waals surface area contributed by atoms with Crippen LogP contribution in [0.5, 0.6) is 5.75 Å². The summed E-state index contributed by atoms with van der Waals surface area (Å²) in [7, 11) is 0. The first-order chi connectivity index (χ1) is 16.0. The highest BCUT2D eigenvalue weighted by atomic mass is 19.4. The van der Waals surface area contributed by atoms with Crippen LogP contribution < -0.4 is 4.74 Å². The van der Waals surface area contributed by atoms with E-state index in [0.717, 1.165) is 50.7 Å². The van der Waals surface area contributed by atoms with Gasteiger partial charge in [0, 0.05) is 23.8 Å². The van der Waals surface area contributed by atoms with Crippen LogP contribution in [0.15, 0.2) is 30.3 Å². The van der Waals surface area contributed by atoms with Crippen LogP contribution in [0, 0.1) is 29.2 Å². The standard InChI is InChI=1S/C25H23F7O2/c1-2-3-14-4-6-15(7-5-14)16-10-21(28)23(22(29)11-16)24(33)34-17-12-19(26)18(20(27)13-17)8-9-25(30,31)32/h8-15H,2-7H2,1H3. The van der Waals surface area contributed by atoms with Crippen molar-refractivity contribution in [3.8, 4) is 5.75 Å². The van der Waals surface area contributed by atoms with Crippen molar-refractivity contribution in [1.82, 2.24) is 0 Å². The molecule has 34 heavy (non-hydrogen) atoms. The summed E-state index contributed by atoms with van der Waals surface area (Å²) in [4.78, 5) is 12.3. The fraction of sp³-hybridized carbons (Fsp3) is 0.400. The number of esters is 1. The Balaban J connectivity index is 1.76. The SMILES string of the molecule is CCCC1CCC(c2cc(F)c(C(=O)Oc3cc(F)c(C=CC(F)(F)F)c(F)c3)c(F)c2)CC1. The van der Waals surface area contributed by atoms with E-state index in [1.54, 1.807) is 0 Å². The molecule has 2 nitrogen and oxygen atoms in total. The Morgan fingerprint density at radius 2 is 1.50 bits per heavy atom. The molecule has 1 saturated carbocycles. The zero-order chi connectivity index (χ0) is 25.0. The lowest BCUT2D eigenvalue weighted by Gasteiger charge is -2.28. The second-order valence-electron chi connectivity index (χ2n) is 8.43. The first-order valence-corrected chi connectivity index (χ1v) is 10.9. The molecule has 0 amide bonds. The number of hydrogen-bond donors (Lipinski definition) is 0. The second kappa shape index (κ2) is 10.6. The highest BCUT2D eigenvalue weighted by molar-refractivity contribution is 5.91. The molecule has 0 unspecified atom stereocenters. The molecule has 9 heteroatoms. The average molecular weight is 488 g/mol. The maximum atomic E-state index is 14.6. The molecule has 2 aromatic carbocycles. The lowest BCUT2D eigenvalue weighted by atomic mass is 9.77. The van der Waals surface area contributed by atoms with Gasteiger partial charge < -0.3 is 4.74 Å². The van der Waals surface area contributed by atoms with E-state index in [2.05, 4.69) is 6.92 Å². The zero-order valence-corrected chi connectivity index (χ0v) is 18.3. The molecule has 0 saturated heterocycles. The topological polar surface area (TPSA) is 26.3 Å². The van der Waals surface area contributed by atoms with Gasteiger partial charge in [-0.05, 0) is 61.3 Å². The van der Waals surface area contributed by atoms with Gasteiger partial charge in [0.15, 0.2) is 0 Å². The lowest BCUT2D eigenvalue weighted by molar-refractivity contribution is -0.0790. The molecular weight excluding hydrogens is 465 g/mol. The largest absolute Gasteiger partial charge is 0.423 e. The molecule has 0 N–H and O–H groups in total. The van der Waals surface area contributed by atoms with Crippen LogP contribution >= 0.6 is 0 Å². The Morgan fingerprint density at radius 3 is 2.00 bits per heavy atom. The maximum Gasteiger partial charge on any atom is 0.409 e. The van der Waals surface area contributed by atoms with Crippen molar-refractivity contribution in [3.63, 3.8) is 0 Å². The number of rotatable bonds is 6. The van der Waals surface area contributed by atoms with E-state index in [1.165, 1.54) is 0 Å². The molecule has 0 bridgehead atoms. The van der Waals surface area contributed by atoms with Crippen molar-refractivity contribution in [2.75, 3.05) is 0 Å². The summed E-state index contributed by atoms with van der Waals surface area (Å²) < 4.78 is 98.8. The van der Waals surface area contributed by atoms with E-state index in [4.69, 9.17) is 4.74 Å². The molecular formula is C25H23F7O2. The molecule has 0 aliphatic heterocycles. The third-order valence-corrected chi connectivity index (χ3v) is 5.99. The zero-order valence-electron chi connectivity index (χ0n) is 18.3.